The fraction of sp³-hybridized carbons (Fsp3) is 0.333. The standard InChI is InChI=1S/C15H18INO3/c1-3-10(2)13(8-9-14(18)19)17-15(20)11-6-4-5-7-12(11)16/h4-10,13H,3H2,1-2H3,(H,17,20)(H,18,19). The Bertz CT molecular complexity index is 514. The Hall–Kier alpha value is -1.37. The first-order valence-electron chi connectivity index (χ1n) is 6.42. The van der Waals surface area contributed by atoms with Gasteiger partial charge in [-0.05, 0) is 40.6 Å². The zero-order valence-electron chi connectivity index (χ0n) is 11.5. The molecule has 0 spiro atoms. The molecule has 0 bridgehead atoms. The lowest BCUT2D eigenvalue weighted by atomic mass is 9.98. The summed E-state index contributed by atoms with van der Waals surface area (Å²) in [6.45, 7) is 3.98. The van der Waals surface area contributed by atoms with Crippen LogP contribution in [0.2, 0.25) is 0 Å². The van der Waals surface area contributed by atoms with E-state index >= 15 is 0 Å². The lowest BCUT2D eigenvalue weighted by molar-refractivity contribution is -0.131. The van der Waals surface area contributed by atoms with E-state index in [0.29, 0.717) is 5.56 Å². The number of carbonyl (C=O) groups excluding carboxylic acids is 1. The molecule has 2 N–H and O–H groups in total. The normalized spacial score (nSPS) is 13.9. The minimum absolute atomic E-state index is 0.163. The van der Waals surface area contributed by atoms with Crippen molar-refractivity contribution in [2.45, 2.75) is 26.3 Å². The second-order valence-corrected chi connectivity index (χ2v) is 5.72. The minimum Gasteiger partial charge on any atom is -0.478 e. The van der Waals surface area contributed by atoms with E-state index in [4.69, 9.17) is 5.11 Å². The van der Waals surface area contributed by atoms with Gasteiger partial charge in [-0.3, -0.25) is 4.79 Å². The summed E-state index contributed by atoms with van der Waals surface area (Å²) in [4.78, 5) is 22.9. The van der Waals surface area contributed by atoms with Crippen LogP contribution in [0, 0.1) is 9.49 Å². The average Bonchev–Trinajstić information content (AvgIpc) is 2.42. The van der Waals surface area contributed by atoms with Gasteiger partial charge in [0.2, 0.25) is 0 Å². The second-order valence-electron chi connectivity index (χ2n) is 4.56. The number of benzene rings is 1. The Balaban J connectivity index is 2.87. The molecule has 4 nitrogen and oxygen atoms in total. The Morgan fingerprint density at radius 3 is 2.60 bits per heavy atom. The summed E-state index contributed by atoms with van der Waals surface area (Å²) in [6, 6.07) is 7.00. The van der Waals surface area contributed by atoms with Crippen LogP contribution < -0.4 is 5.32 Å². The van der Waals surface area contributed by atoms with Gasteiger partial charge in [-0.2, -0.15) is 0 Å². The summed E-state index contributed by atoms with van der Waals surface area (Å²) < 4.78 is 0.868. The van der Waals surface area contributed by atoms with Crippen LogP contribution in [0.1, 0.15) is 30.6 Å². The second kappa shape index (κ2) is 8.04. The van der Waals surface area contributed by atoms with E-state index in [1.54, 1.807) is 6.07 Å². The number of halogens is 1. The van der Waals surface area contributed by atoms with Crippen molar-refractivity contribution in [1.82, 2.24) is 5.32 Å². The SMILES string of the molecule is CCC(C)C(C=CC(=O)O)NC(=O)c1ccccc1I. The molecule has 1 rings (SSSR count). The third-order valence-corrected chi connectivity index (χ3v) is 4.06. The Morgan fingerprint density at radius 2 is 2.05 bits per heavy atom. The maximum absolute atomic E-state index is 12.2. The van der Waals surface area contributed by atoms with Gasteiger partial charge in [0.1, 0.15) is 0 Å². The van der Waals surface area contributed by atoms with E-state index in [1.165, 1.54) is 6.08 Å². The predicted molar refractivity (Wildman–Crippen MR) is 86.6 cm³/mol. The van der Waals surface area contributed by atoms with Crippen molar-refractivity contribution < 1.29 is 14.7 Å². The van der Waals surface area contributed by atoms with Crippen LogP contribution in [0.25, 0.3) is 0 Å². The molecule has 1 aromatic rings. The zero-order chi connectivity index (χ0) is 15.1. The maximum atomic E-state index is 12.2. The van der Waals surface area contributed by atoms with Crippen LogP contribution in [0.5, 0.6) is 0 Å². The quantitative estimate of drug-likeness (QED) is 0.583. The molecule has 0 heterocycles. The highest BCUT2D eigenvalue weighted by Crippen LogP contribution is 2.14. The summed E-state index contributed by atoms with van der Waals surface area (Å²) in [7, 11) is 0. The van der Waals surface area contributed by atoms with Gasteiger partial charge in [0.05, 0.1) is 11.6 Å². The van der Waals surface area contributed by atoms with Crippen LogP contribution in [0.15, 0.2) is 36.4 Å². The molecule has 0 aromatic heterocycles. The van der Waals surface area contributed by atoms with Gasteiger partial charge >= 0.3 is 5.97 Å². The number of carboxylic acid groups (broad SMARTS) is 1. The molecule has 20 heavy (non-hydrogen) atoms. The fourth-order valence-corrected chi connectivity index (χ4v) is 2.33. The molecule has 2 atom stereocenters. The van der Waals surface area contributed by atoms with Gasteiger partial charge in [-0.1, -0.05) is 38.5 Å². The molecule has 1 amide bonds. The number of hydrogen-bond donors (Lipinski definition) is 2. The molecular weight excluding hydrogens is 369 g/mol. The number of carboxylic acids is 1. The van der Waals surface area contributed by atoms with Crippen molar-refractivity contribution in [3.8, 4) is 0 Å². The van der Waals surface area contributed by atoms with Crippen molar-refractivity contribution in [2.24, 2.45) is 5.92 Å². The molecule has 0 aliphatic heterocycles. The van der Waals surface area contributed by atoms with Crippen molar-refractivity contribution in [3.63, 3.8) is 0 Å². The summed E-state index contributed by atoms with van der Waals surface area (Å²) in [5.41, 5.74) is 0.602. The van der Waals surface area contributed by atoms with Crippen LogP contribution >= 0.6 is 22.6 Å². The molecule has 1 aromatic carbocycles. The topological polar surface area (TPSA) is 66.4 Å². The van der Waals surface area contributed by atoms with E-state index in [9.17, 15) is 9.59 Å². The highest BCUT2D eigenvalue weighted by Gasteiger charge is 2.18. The molecule has 0 radical (unpaired) electrons. The van der Waals surface area contributed by atoms with Gasteiger partial charge in [-0.25, -0.2) is 4.79 Å². The fourth-order valence-electron chi connectivity index (χ4n) is 1.69. The molecule has 0 saturated carbocycles. The first-order chi connectivity index (χ1) is 9.45. The van der Waals surface area contributed by atoms with Crippen molar-refractivity contribution in [2.75, 3.05) is 0 Å². The van der Waals surface area contributed by atoms with E-state index in [-0.39, 0.29) is 17.9 Å². The maximum Gasteiger partial charge on any atom is 0.328 e. The molecule has 108 valence electrons. The number of aliphatic carboxylic acids is 1. The number of rotatable bonds is 6. The highest BCUT2D eigenvalue weighted by molar-refractivity contribution is 14.1. The molecular formula is C15H18INO3. The third-order valence-electron chi connectivity index (χ3n) is 3.12. The van der Waals surface area contributed by atoms with Gasteiger partial charge < -0.3 is 10.4 Å². The summed E-state index contributed by atoms with van der Waals surface area (Å²) in [5, 5.41) is 11.6. The van der Waals surface area contributed by atoms with Crippen molar-refractivity contribution >= 4 is 34.5 Å². The zero-order valence-corrected chi connectivity index (χ0v) is 13.6. The third kappa shape index (κ3) is 4.96. The van der Waals surface area contributed by atoms with Gasteiger partial charge in [0.15, 0.2) is 0 Å². The predicted octanol–water partition coefficient (Wildman–Crippen LogP) is 3.08. The Morgan fingerprint density at radius 1 is 1.40 bits per heavy atom. The minimum atomic E-state index is -1.01. The Labute approximate surface area is 132 Å². The van der Waals surface area contributed by atoms with E-state index in [2.05, 4.69) is 27.9 Å². The van der Waals surface area contributed by atoms with Crippen molar-refractivity contribution in [3.05, 3.63) is 45.6 Å². The van der Waals surface area contributed by atoms with Crippen molar-refractivity contribution in [1.29, 1.82) is 0 Å². The van der Waals surface area contributed by atoms with Crippen LogP contribution in [0.4, 0.5) is 0 Å². The molecule has 0 fully saturated rings. The summed E-state index contributed by atoms with van der Waals surface area (Å²) in [6.07, 6.45) is 3.46. The molecule has 0 aliphatic carbocycles. The molecule has 0 aliphatic rings. The lowest BCUT2D eigenvalue weighted by Crippen LogP contribution is -2.38. The molecule has 0 saturated heterocycles. The van der Waals surface area contributed by atoms with Crippen LogP contribution in [-0.4, -0.2) is 23.0 Å². The van der Waals surface area contributed by atoms with E-state index in [0.717, 1.165) is 16.1 Å². The van der Waals surface area contributed by atoms with Gasteiger partial charge in [0, 0.05) is 9.65 Å². The Kier molecular flexibility index (Phi) is 6.70. The van der Waals surface area contributed by atoms with Crippen LogP contribution in [0.3, 0.4) is 0 Å². The monoisotopic (exact) mass is 387 g/mol. The number of carbonyl (C=O) groups is 2. The number of nitrogens with one attached hydrogen (secondary N) is 1. The average molecular weight is 387 g/mol. The molecule has 5 heteroatoms. The highest BCUT2D eigenvalue weighted by atomic mass is 127. The van der Waals surface area contributed by atoms with E-state index in [1.807, 2.05) is 32.0 Å². The first kappa shape index (κ1) is 16.7. The van der Waals surface area contributed by atoms with Crippen LogP contribution in [-0.2, 0) is 4.79 Å². The van der Waals surface area contributed by atoms with Gasteiger partial charge in [-0.15, -0.1) is 0 Å². The smallest absolute Gasteiger partial charge is 0.328 e. The first-order valence-corrected chi connectivity index (χ1v) is 7.50. The largest absolute Gasteiger partial charge is 0.478 e. The lowest BCUT2D eigenvalue weighted by Gasteiger charge is -2.21. The van der Waals surface area contributed by atoms with Gasteiger partial charge in [0.25, 0.3) is 5.91 Å². The van der Waals surface area contributed by atoms with E-state index < -0.39 is 5.97 Å². The number of amides is 1. The summed E-state index contributed by atoms with van der Waals surface area (Å²) in [5.74, 6) is -1.03. The number of hydrogen-bond acceptors (Lipinski definition) is 2. The molecule has 2 unspecified atom stereocenters. The summed E-state index contributed by atoms with van der Waals surface area (Å²) >= 11 is 2.11.